The summed E-state index contributed by atoms with van der Waals surface area (Å²) in [5.41, 5.74) is 1.28. The van der Waals surface area contributed by atoms with E-state index in [0.717, 1.165) is 0 Å². The monoisotopic (exact) mass is 712 g/mol. The Morgan fingerprint density at radius 1 is 0.761 bits per heavy atom. The van der Waals surface area contributed by atoms with Crippen molar-refractivity contribution in [2.45, 2.75) is 36.7 Å². The van der Waals surface area contributed by atoms with Gasteiger partial charge in [-0.1, -0.05) is 47.6 Å². The number of aromatic hydroxyl groups is 2. The van der Waals surface area contributed by atoms with Crippen LogP contribution in [0, 0.1) is 11.8 Å². The van der Waals surface area contributed by atoms with Gasteiger partial charge >= 0.3 is 11.9 Å². The van der Waals surface area contributed by atoms with E-state index >= 15 is 0 Å². The second kappa shape index (κ2) is 15.7. The number of hydrogen-bond acceptors (Lipinski definition) is 12. The van der Waals surface area contributed by atoms with Gasteiger partial charge in [0.25, 0.3) is 0 Å². The minimum atomic E-state index is -1.10. The van der Waals surface area contributed by atoms with Gasteiger partial charge in [-0.2, -0.15) is 0 Å². The van der Waals surface area contributed by atoms with Gasteiger partial charge in [-0.25, -0.2) is 9.59 Å². The van der Waals surface area contributed by atoms with Crippen LogP contribution in [0.15, 0.2) is 36.4 Å². The number of carboxylic acid groups (broad SMARTS) is 2. The van der Waals surface area contributed by atoms with Gasteiger partial charge in [-0.3, -0.25) is 9.59 Å². The number of ether oxygens (including phenoxy) is 2. The molecule has 2 saturated heterocycles. The smallest absolute Gasteiger partial charge is 0.327 e. The highest BCUT2D eigenvalue weighted by Crippen LogP contribution is 2.46. The van der Waals surface area contributed by atoms with E-state index in [9.17, 15) is 39.6 Å². The Bertz CT molecular complexity index is 1360. The first-order chi connectivity index (χ1) is 21.9. The standard InChI is InChI=1S/C30H36N2O10S4/c1-15(25(35)31-19(29(37)38)13-43-27(31)17-5-7-21(33)23(9-17)41-3)11-45-46-12-16(2)26(36)32-20(30(39)40)14-44-28(32)18-6-8-22(34)24(10-18)42-4/h5-10,15-16,19-20,27-28,33-34H,11-14H2,1-4H3,(H,37,38)(H,39,40)/t15-,16-,19+,20+,27?,28?/m1/s1. The fourth-order valence-corrected chi connectivity index (χ4v) is 10.6. The number of amides is 2. The molecule has 2 heterocycles. The summed E-state index contributed by atoms with van der Waals surface area (Å²) in [6, 6.07) is 7.36. The molecular weight excluding hydrogens is 677 g/mol. The first kappa shape index (κ1) is 35.8. The third kappa shape index (κ3) is 7.72. The van der Waals surface area contributed by atoms with Crippen LogP contribution in [0.2, 0.25) is 0 Å². The highest BCUT2D eigenvalue weighted by atomic mass is 33.1. The molecule has 12 nitrogen and oxygen atoms in total. The number of carbonyl (C=O) groups is 4. The van der Waals surface area contributed by atoms with Crippen LogP contribution in [0.5, 0.6) is 23.0 Å². The number of hydrogen-bond donors (Lipinski definition) is 4. The number of carbonyl (C=O) groups excluding carboxylic acids is 2. The predicted octanol–water partition coefficient (Wildman–Crippen LogP) is 4.52. The molecule has 2 aromatic rings. The van der Waals surface area contributed by atoms with E-state index in [-0.39, 0.29) is 46.3 Å². The number of methoxy groups -OCH3 is 2. The first-order valence-electron chi connectivity index (χ1n) is 14.2. The zero-order valence-corrected chi connectivity index (χ0v) is 28.8. The lowest BCUT2D eigenvalue weighted by Gasteiger charge is -2.30. The van der Waals surface area contributed by atoms with Gasteiger partial charge in [-0.05, 0) is 35.4 Å². The maximum absolute atomic E-state index is 13.6. The maximum Gasteiger partial charge on any atom is 0.327 e. The van der Waals surface area contributed by atoms with Crippen LogP contribution in [0.4, 0.5) is 0 Å². The largest absolute Gasteiger partial charge is 0.504 e. The Kier molecular flexibility index (Phi) is 12.2. The van der Waals surface area contributed by atoms with Gasteiger partial charge in [0.2, 0.25) is 11.8 Å². The van der Waals surface area contributed by atoms with Gasteiger partial charge in [0.05, 0.1) is 14.2 Å². The molecule has 0 spiro atoms. The summed E-state index contributed by atoms with van der Waals surface area (Å²) in [5.74, 6) is -2.43. The van der Waals surface area contributed by atoms with E-state index in [0.29, 0.717) is 22.6 Å². The molecule has 0 aliphatic carbocycles. The van der Waals surface area contributed by atoms with E-state index in [4.69, 9.17) is 9.47 Å². The zero-order valence-electron chi connectivity index (χ0n) is 25.5. The molecule has 0 aromatic heterocycles. The molecule has 2 aromatic carbocycles. The predicted molar refractivity (Wildman–Crippen MR) is 179 cm³/mol. The number of phenols is 2. The van der Waals surface area contributed by atoms with Crippen molar-refractivity contribution in [3.63, 3.8) is 0 Å². The molecule has 0 saturated carbocycles. The SMILES string of the molecule is COc1cc(C2SC[C@@H](C(=O)O)N2C(=O)[C@H](C)CSSC[C@@H](C)C(=O)N2C(c3ccc(O)c(OC)c3)SC[C@H]2C(=O)O)ccc1O. The maximum atomic E-state index is 13.6. The fourth-order valence-electron chi connectivity index (χ4n) is 5.09. The van der Waals surface area contributed by atoms with Crippen molar-refractivity contribution in [1.82, 2.24) is 9.80 Å². The summed E-state index contributed by atoms with van der Waals surface area (Å²) in [7, 11) is 5.60. The Balaban J connectivity index is 1.38. The minimum Gasteiger partial charge on any atom is -0.504 e. The first-order valence-corrected chi connectivity index (χ1v) is 18.8. The second-order valence-electron chi connectivity index (χ2n) is 10.8. The zero-order chi connectivity index (χ0) is 33.7. The molecule has 4 rings (SSSR count). The van der Waals surface area contributed by atoms with Crippen molar-refractivity contribution >= 4 is 68.9 Å². The van der Waals surface area contributed by atoms with E-state index in [2.05, 4.69) is 0 Å². The third-order valence-electron chi connectivity index (χ3n) is 7.62. The van der Waals surface area contributed by atoms with Crippen molar-refractivity contribution < 1.29 is 49.1 Å². The summed E-state index contributed by atoms with van der Waals surface area (Å²) in [6.45, 7) is 3.46. The number of phenolic OH excluding ortho intramolecular Hbond substituents is 2. The lowest BCUT2D eigenvalue weighted by atomic mass is 10.1. The molecule has 2 aliphatic heterocycles. The average Bonchev–Trinajstić information content (AvgIpc) is 3.68. The summed E-state index contributed by atoms with van der Waals surface area (Å²) in [5, 5.41) is 38.6. The van der Waals surface area contributed by atoms with Crippen LogP contribution in [0.3, 0.4) is 0 Å². The van der Waals surface area contributed by atoms with Crippen molar-refractivity contribution in [2.75, 3.05) is 37.2 Å². The molecule has 46 heavy (non-hydrogen) atoms. The number of aliphatic carboxylic acids is 2. The van der Waals surface area contributed by atoms with Gasteiger partial charge in [-0.15, -0.1) is 23.5 Å². The van der Waals surface area contributed by atoms with E-state index in [1.165, 1.54) is 81.3 Å². The van der Waals surface area contributed by atoms with Crippen molar-refractivity contribution in [1.29, 1.82) is 0 Å². The van der Waals surface area contributed by atoms with Gasteiger partial charge in [0.15, 0.2) is 23.0 Å². The Labute approximate surface area is 283 Å². The van der Waals surface area contributed by atoms with E-state index in [1.54, 1.807) is 38.1 Å². The lowest BCUT2D eigenvalue weighted by molar-refractivity contribution is -0.150. The highest BCUT2D eigenvalue weighted by molar-refractivity contribution is 8.76. The molecule has 0 radical (unpaired) electrons. The van der Waals surface area contributed by atoms with Gasteiger partial charge in [0, 0.05) is 34.8 Å². The summed E-state index contributed by atoms with van der Waals surface area (Å²) < 4.78 is 10.4. The molecule has 0 bridgehead atoms. The molecule has 16 heteroatoms. The molecule has 2 fully saturated rings. The van der Waals surface area contributed by atoms with Crippen LogP contribution in [-0.2, 0) is 19.2 Å². The highest BCUT2D eigenvalue weighted by Gasteiger charge is 2.45. The van der Waals surface area contributed by atoms with E-state index in [1.807, 2.05) is 0 Å². The molecule has 4 N–H and O–H groups in total. The van der Waals surface area contributed by atoms with Crippen LogP contribution < -0.4 is 9.47 Å². The van der Waals surface area contributed by atoms with Crippen molar-refractivity contribution in [3.05, 3.63) is 47.5 Å². The second-order valence-corrected chi connectivity index (χ2v) is 15.6. The Hall–Kier alpha value is -3.08. The summed E-state index contributed by atoms with van der Waals surface area (Å²) in [6.07, 6.45) is 0. The Morgan fingerprint density at radius 3 is 1.46 bits per heavy atom. The molecular formula is C30H36N2O10S4. The van der Waals surface area contributed by atoms with Gasteiger partial charge < -0.3 is 39.7 Å². The van der Waals surface area contributed by atoms with Crippen LogP contribution >= 0.6 is 45.1 Å². The molecule has 250 valence electrons. The van der Waals surface area contributed by atoms with Crippen LogP contribution in [-0.4, -0.2) is 103 Å². The lowest BCUT2D eigenvalue weighted by Crippen LogP contribution is -2.45. The molecule has 2 amide bonds. The third-order valence-corrected chi connectivity index (χ3v) is 13.0. The number of thioether (sulfide) groups is 2. The van der Waals surface area contributed by atoms with Crippen LogP contribution in [0.1, 0.15) is 35.7 Å². The molecule has 2 aliphatic rings. The van der Waals surface area contributed by atoms with Crippen molar-refractivity contribution in [3.8, 4) is 23.0 Å². The van der Waals surface area contributed by atoms with Crippen LogP contribution in [0.25, 0.3) is 0 Å². The quantitative estimate of drug-likeness (QED) is 0.169. The van der Waals surface area contributed by atoms with Crippen molar-refractivity contribution in [2.24, 2.45) is 11.8 Å². The normalized spacial score (nSPS) is 22.3. The number of nitrogens with zero attached hydrogens (tertiary/aromatic N) is 2. The van der Waals surface area contributed by atoms with E-state index < -0.39 is 46.6 Å². The topological polar surface area (TPSA) is 174 Å². The number of carboxylic acids is 2. The fraction of sp³-hybridized carbons (Fsp3) is 0.467. The number of rotatable bonds is 13. The van der Waals surface area contributed by atoms with Gasteiger partial charge in [0.1, 0.15) is 22.8 Å². The number of benzene rings is 2. The molecule has 2 unspecified atom stereocenters. The molecule has 6 atom stereocenters. The average molecular weight is 713 g/mol. The minimum absolute atomic E-state index is 0.0607. The summed E-state index contributed by atoms with van der Waals surface area (Å²) >= 11 is 2.66. The summed E-state index contributed by atoms with van der Waals surface area (Å²) in [4.78, 5) is 54.1. The Morgan fingerprint density at radius 2 is 1.13 bits per heavy atom.